The number of nitrogens with one attached hydrogen (secondary N) is 1. The second-order valence-corrected chi connectivity index (χ2v) is 4.68. The number of aliphatic hydroxyl groups excluding tert-OH is 1. The molecule has 0 bridgehead atoms. The monoisotopic (exact) mass is 243 g/mol. The van der Waals surface area contributed by atoms with Crippen molar-refractivity contribution in [2.24, 2.45) is 0 Å². The van der Waals surface area contributed by atoms with Crippen molar-refractivity contribution in [3.05, 3.63) is 0 Å². The Bertz CT molecular complexity index is 214. The Morgan fingerprint density at radius 1 is 1.31 bits per heavy atom. The van der Waals surface area contributed by atoms with Crippen LogP contribution in [0.3, 0.4) is 0 Å². The van der Waals surface area contributed by atoms with Gasteiger partial charge in [0.05, 0.1) is 0 Å². The third-order valence-electron chi connectivity index (χ3n) is 1.99. The van der Waals surface area contributed by atoms with E-state index in [2.05, 4.69) is 11.2 Å². The first-order chi connectivity index (χ1) is 7.81. The molecule has 0 spiro atoms. The average Bonchev–Trinajstić information content (AvgIpc) is 2.29. The second kappa shape index (κ2) is 12.4. The molecular formula is C12H21NO2S. The third kappa shape index (κ3) is 11.4. The molecule has 0 atom stereocenters. The molecule has 0 aliphatic carbocycles. The highest BCUT2D eigenvalue weighted by Gasteiger charge is 1.99. The van der Waals surface area contributed by atoms with E-state index in [0.29, 0.717) is 13.0 Å². The number of carbonyl (C=O) groups is 1. The molecule has 0 aromatic carbocycles. The van der Waals surface area contributed by atoms with Crippen molar-refractivity contribution in [2.45, 2.75) is 32.1 Å². The third-order valence-corrected chi connectivity index (χ3v) is 3.06. The molecule has 0 rings (SSSR count). The van der Waals surface area contributed by atoms with E-state index in [1.54, 1.807) is 11.8 Å². The van der Waals surface area contributed by atoms with Crippen molar-refractivity contribution in [1.82, 2.24) is 5.32 Å². The number of hydrogen-bond donors (Lipinski definition) is 2. The van der Waals surface area contributed by atoms with Gasteiger partial charge in [-0.3, -0.25) is 4.79 Å². The van der Waals surface area contributed by atoms with Crippen molar-refractivity contribution >= 4 is 17.7 Å². The number of terminal acetylenes is 1. The summed E-state index contributed by atoms with van der Waals surface area (Å²) in [4.78, 5) is 11.3. The second-order valence-electron chi connectivity index (χ2n) is 3.45. The molecule has 92 valence electrons. The number of thioether (sulfide) groups is 1. The summed E-state index contributed by atoms with van der Waals surface area (Å²) in [6.45, 7) is 0.957. The molecule has 0 saturated heterocycles. The van der Waals surface area contributed by atoms with E-state index in [9.17, 15) is 4.79 Å². The molecule has 0 aromatic heterocycles. The predicted molar refractivity (Wildman–Crippen MR) is 69.3 cm³/mol. The first kappa shape index (κ1) is 15.3. The van der Waals surface area contributed by atoms with Crippen LogP contribution in [0.15, 0.2) is 0 Å². The van der Waals surface area contributed by atoms with Gasteiger partial charge in [0.1, 0.15) is 0 Å². The topological polar surface area (TPSA) is 49.3 Å². The van der Waals surface area contributed by atoms with Crippen molar-refractivity contribution in [2.75, 3.05) is 24.7 Å². The zero-order chi connectivity index (χ0) is 12.1. The van der Waals surface area contributed by atoms with E-state index in [-0.39, 0.29) is 12.5 Å². The highest BCUT2D eigenvalue weighted by atomic mass is 32.2. The summed E-state index contributed by atoms with van der Waals surface area (Å²) >= 11 is 1.75. The Morgan fingerprint density at radius 2 is 2.12 bits per heavy atom. The van der Waals surface area contributed by atoms with Crippen LogP contribution in [-0.4, -0.2) is 35.7 Å². The molecule has 1 amide bonds. The maximum atomic E-state index is 11.3. The number of carbonyl (C=O) groups excluding carboxylic acids is 1. The van der Waals surface area contributed by atoms with Gasteiger partial charge in [0.25, 0.3) is 0 Å². The smallest absolute Gasteiger partial charge is 0.220 e. The Labute approximate surface area is 102 Å². The van der Waals surface area contributed by atoms with Crippen LogP contribution in [0, 0.1) is 12.3 Å². The van der Waals surface area contributed by atoms with Gasteiger partial charge < -0.3 is 10.4 Å². The maximum Gasteiger partial charge on any atom is 0.220 e. The lowest BCUT2D eigenvalue weighted by molar-refractivity contribution is -0.121. The largest absolute Gasteiger partial charge is 0.396 e. The number of rotatable bonds is 10. The molecule has 0 radical (unpaired) electrons. The Morgan fingerprint density at radius 3 is 2.81 bits per heavy atom. The molecular weight excluding hydrogens is 222 g/mol. The number of hydrogen-bond acceptors (Lipinski definition) is 3. The molecule has 0 unspecified atom stereocenters. The SMILES string of the molecule is C#CCCCCC(=O)NCCSCCCO. The van der Waals surface area contributed by atoms with Crippen LogP contribution in [0.4, 0.5) is 0 Å². The molecule has 0 aliphatic rings. The number of unbranched alkanes of at least 4 members (excludes halogenated alkanes) is 2. The van der Waals surface area contributed by atoms with Gasteiger partial charge in [-0.05, 0) is 25.0 Å². The first-order valence-electron chi connectivity index (χ1n) is 5.70. The van der Waals surface area contributed by atoms with Crippen LogP contribution in [-0.2, 0) is 4.79 Å². The van der Waals surface area contributed by atoms with E-state index in [4.69, 9.17) is 11.5 Å². The van der Waals surface area contributed by atoms with E-state index in [1.807, 2.05) is 0 Å². The highest BCUT2D eigenvalue weighted by molar-refractivity contribution is 7.99. The number of amides is 1. The molecule has 4 heteroatoms. The van der Waals surface area contributed by atoms with E-state index >= 15 is 0 Å². The fraction of sp³-hybridized carbons (Fsp3) is 0.750. The first-order valence-corrected chi connectivity index (χ1v) is 6.85. The summed E-state index contributed by atoms with van der Waals surface area (Å²) in [6, 6.07) is 0. The van der Waals surface area contributed by atoms with Crippen molar-refractivity contribution in [1.29, 1.82) is 0 Å². The molecule has 0 aromatic rings. The van der Waals surface area contributed by atoms with Crippen LogP contribution >= 0.6 is 11.8 Å². The number of aliphatic hydroxyl groups is 1. The van der Waals surface area contributed by atoms with Crippen LogP contribution in [0.2, 0.25) is 0 Å². The molecule has 0 fully saturated rings. The van der Waals surface area contributed by atoms with Gasteiger partial charge in [-0.2, -0.15) is 11.8 Å². The minimum Gasteiger partial charge on any atom is -0.396 e. The zero-order valence-electron chi connectivity index (χ0n) is 9.71. The predicted octanol–water partition coefficient (Wildman–Crippen LogP) is 1.41. The van der Waals surface area contributed by atoms with Gasteiger partial charge in [0, 0.05) is 31.7 Å². The highest BCUT2D eigenvalue weighted by Crippen LogP contribution is 2.01. The maximum absolute atomic E-state index is 11.3. The lowest BCUT2D eigenvalue weighted by Crippen LogP contribution is -2.25. The lowest BCUT2D eigenvalue weighted by Gasteiger charge is -2.04. The van der Waals surface area contributed by atoms with Crippen molar-refractivity contribution in [3.63, 3.8) is 0 Å². The summed E-state index contributed by atoms with van der Waals surface area (Å²) in [5.74, 6) is 4.53. The average molecular weight is 243 g/mol. The van der Waals surface area contributed by atoms with Crippen LogP contribution < -0.4 is 5.32 Å². The normalized spacial score (nSPS) is 9.75. The van der Waals surface area contributed by atoms with E-state index in [0.717, 1.165) is 37.2 Å². The molecule has 0 saturated carbocycles. The summed E-state index contributed by atoms with van der Waals surface area (Å²) in [6.07, 6.45) is 9.06. The van der Waals surface area contributed by atoms with Gasteiger partial charge in [0.15, 0.2) is 0 Å². The summed E-state index contributed by atoms with van der Waals surface area (Å²) in [5.41, 5.74) is 0. The molecule has 0 aliphatic heterocycles. The van der Waals surface area contributed by atoms with Crippen LogP contribution in [0.1, 0.15) is 32.1 Å². The van der Waals surface area contributed by atoms with E-state index in [1.165, 1.54) is 0 Å². The van der Waals surface area contributed by atoms with E-state index < -0.39 is 0 Å². The minimum atomic E-state index is 0.111. The van der Waals surface area contributed by atoms with Crippen molar-refractivity contribution < 1.29 is 9.90 Å². The summed E-state index contributed by atoms with van der Waals surface area (Å²) < 4.78 is 0. The Hall–Kier alpha value is -0.660. The summed E-state index contributed by atoms with van der Waals surface area (Å²) in [5, 5.41) is 11.4. The van der Waals surface area contributed by atoms with Gasteiger partial charge in [0.2, 0.25) is 5.91 Å². The van der Waals surface area contributed by atoms with Gasteiger partial charge in [-0.15, -0.1) is 12.3 Å². The fourth-order valence-electron chi connectivity index (χ4n) is 1.13. The Kier molecular flexibility index (Phi) is 11.9. The van der Waals surface area contributed by atoms with Crippen LogP contribution in [0.5, 0.6) is 0 Å². The molecule has 3 nitrogen and oxygen atoms in total. The molecule has 16 heavy (non-hydrogen) atoms. The van der Waals surface area contributed by atoms with Crippen LogP contribution in [0.25, 0.3) is 0 Å². The quantitative estimate of drug-likeness (QED) is 0.450. The van der Waals surface area contributed by atoms with Gasteiger partial charge in [-0.1, -0.05) is 0 Å². The lowest BCUT2D eigenvalue weighted by atomic mass is 10.2. The van der Waals surface area contributed by atoms with Gasteiger partial charge >= 0.3 is 0 Å². The zero-order valence-corrected chi connectivity index (χ0v) is 10.5. The van der Waals surface area contributed by atoms with Gasteiger partial charge in [-0.25, -0.2) is 0 Å². The Balaban J connectivity index is 3.15. The standard InChI is InChI=1S/C12H21NO2S/c1-2-3-4-5-7-12(15)13-8-11-16-10-6-9-14/h1,14H,3-11H2,(H,13,15). The summed E-state index contributed by atoms with van der Waals surface area (Å²) in [7, 11) is 0. The molecule has 2 N–H and O–H groups in total. The molecule has 0 heterocycles. The van der Waals surface area contributed by atoms with Crippen molar-refractivity contribution in [3.8, 4) is 12.3 Å². The fourth-order valence-corrected chi connectivity index (χ4v) is 1.92. The minimum absolute atomic E-state index is 0.111.